The Kier molecular flexibility index (Phi) is 5.79. The zero-order valence-electron chi connectivity index (χ0n) is 12.9. The van der Waals surface area contributed by atoms with Gasteiger partial charge in [0.05, 0.1) is 5.75 Å². The Morgan fingerprint density at radius 2 is 2.05 bits per heavy atom. The molecule has 1 aliphatic rings. The highest BCUT2D eigenvalue weighted by molar-refractivity contribution is 7.89. The monoisotopic (exact) mass is 310 g/mol. The van der Waals surface area contributed by atoms with Gasteiger partial charge in [0.1, 0.15) is 0 Å². The highest BCUT2D eigenvalue weighted by Gasteiger charge is 2.24. The van der Waals surface area contributed by atoms with Crippen molar-refractivity contribution in [3.8, 4) is 0 Å². The minimum absolute atomic E-state index is 0.00519. The standard InChI is InChI=1S/C16H26N2O2S/c1-13-8-9-17-10-16(13)11-18-21(19,20)12-14(2)15-6-4-3-5-7-15/h3-7,13-14,16-18H,8-12H2,1-2H3. The van der Waals surface area contributed by atoms with E-state index in [4.69, 9.17) is 0 Å². The van der Waals surface area contributed by atoms with Crippen molar-refractivity contribution in [1.29, 1.82) is 0 Å². The van der Waals surface area contributed by atoms with E-state index in [0.717, 1.165) is 25.1 Å². The summed E-state index contributed by atoms with van der Waals surface area (Å²) in [5, 5.41) is 3.33. The summed E-state index contributed by atoms with van der Waals surface area (Å²) in [6.07, 6.45) is 1.12. The van der Waals surface area contributed by atoms with Crippen LogP contribution in [0.5, 0.6) is 0 Å². The minimum atomic E-state index is -3.23. The van der Waals surface area contributed by atoms with Crippen LogP contribution in [0.25, 0.3) is 0 Å². The van der Waals surface area contributed by atoms with Crippen LogP contribution in [0.2, 0.25) is 0 Å². The Labute approximate surface area is 128 Å². The van der Waals surface area contributed by atoms with E-state index in [1.165, 1.54) is 0 Å². The van der Waals surface area contributed by atoms with Gasteiger partial charge in [-0.3, -0.25) is 0 Å². The molecule has 1 saturated heterocycles. The van der Waals surface area contributed by atoms with Gasteiger partial charge in [0.15, 0.2) is 0 Å². The molecular weight excluding hydrogens is 284 g/mol. The summed E-state index contributed by atoms with van der Waals surface area (Å²) < 4.78 is 27.3. The predicted molar refractivity (Wildman–Crippen MR) is 86.8 cm³/mol. The van der Waals surface area contributed by atoms with Gasteiger partial charge < -0.3 is 5.32 Å². The number of nitrogens with one attached hydrogen (secondary N) is 2. The van der Waals surface area contributed by atoms with Crippen LogP contribution >= 0.6 is 0 Å². The van der Waals surface area contributed by atoms with Crippen LogP contribution in [0.1, 0.15) is 31.7 Å². The van der Waals surface area contributed by atoms with Gasteiger partial charge in [-0.2, -0.15) is 0 Å². The van der Waals surface area contributed by atoms with Crippen molar-refractivity contribution in [2.24, 2.45) is 11.8 Å². The van der Waals surface area contributed by atoms with Crippen molar-refractivity contribution in [2.75, 3.05) is 25.4 Å². The van der Waals surface area contributed by atoms with Crippen LogP contribution in [0, 0.1) is 11.8 Å². The molecule has 4 nitrogen and oxygen atoms in total. The van der Waals surface area contributed by atoms with Crippen molar-refractivity contribution in [3.05, 3.63) is 35.9 Å². The number of hydrogen-bond acceptors (Lipinski definition) is 3. The topological polar surface area (TPSA) is 58.2 Å². The lowest BCUT2D eigenvalue weighted by molar-refractivity contribution is 0.275. The molecule has 1 fully saturated rings. The summed E-state index contributed by atoms with van der Waals surface area (Å²) in [6.45, 7) is 6.64. The van der Waals surface area contributed by atoms with Crippen molar-refractivity contribution >= 4 is 10.0 Å². The molecule has 0 radical (unpaired) electrons. The van der Waals surface area contributed by atoms with E-state index in [2.05, 4.69) is 17.0 Å². The Hall–Kier alpha value is -0.910. The van der Waals surface area contributed by atoms with Gasteiger partial charge in [-0.05, 0) is 42.8 Å². The molecule has 0 spiro atoms. The molecule has 2 N–H and O–H groups in total. The quantitative estimate of drug-likeness (QED) is 0.844. The normalized spacial score (nSPS) is 24.7. The molecule has 0 aromatic heterocycles. The second kappa shape index (κ2) is 7.38. The van der Waals surface area contributed by atoms with E-state index in [1.54, 1.807) is 0 Å². The summed E-state index contributed by atoms with van der Waals surface area (Å²) in [4.78, 5) is 0. The number of sulfonamides is 1. The lowest BCUT2D eigenvalue weighted by Crippen LogP contribution is -2.43. The van der Waals surface area contributed by atoms with Gasteiger partial charge in [-0.1, -0.05) is 44.2 Å². The first kappa shape index (κ1) is 16.5. The van der Waals surface area contributed by atoms with E-state index >= 15 is 0 Å². The van der Waals surface area contributed by atoms with Crippen molar-refractivity contribution in [3.63, 3.8) is 0 Å². The maximum Gasteiger partial charge on any atom is 0.212 e. The summed E-state index contributed by atoms with van der Waals surface area (Å²) in [6, 6.07) is 9.80. The van der Waals surface area contributed by atoms with Crippen LogP contribution in [0.3, 0.4) is 0 Å². The fourth-order valence-electron chi connectivity index (χ4n) is 2.83. The lowest BCUT2D eigenvalue weighted by atomic mass is 9.88. The van der Waals surface area contributed by atoms with Crippen LogP contribution in [0.15, 0.2) is 30.3 Å². The van der Waals surface area contributed by atoms with Crippen LogP contribution < -0.4 is 10.0 Å². The van der Waals surface area contributed by atoms with Crippen molar-refractivity contribution in [1.82, 2.24) is 10.0 Å². The zero-order chi connectivity index (χ0) is 15.3. The molecule has 1 aromatic rings. The zero-order valence-corrected chi connectivity index (χ0v) is 13.7. The summed E-state index contributed by atoms with van der Waals surface area (Å²) >= 11 is 0. The smallest absolute Gasteiger partial charge is 0.212 e. The largest absolute Gasteiger partial charge is 0.316 e. The third-order valence-corrected chi connectivity index (χ3v) is 5.94. The molecule has 2 rings (SSSR count). The van der Waals surface area contributed by atoms with Gasteiger partial charge in [0, 0.05) is 6.54 Å². The Morgan fingerprint density at radius 1 is 1.33 bits per heavy atom. The maximum absolute atomic E-state index is 12.2. The molecule has 0 amide bonds. The molecule has 5 heteroatoms. The van der Waals surface area contributed by atoms with Gasteiger partial charge in [0.2, 0.25) is 10.0 Å². The minimum Gasteiger partial charge on any atom is -0.316 e. The van der Waals surface area contributed by atoms with E-state index in [1.807, 2.05) is 37.3 Å². The number of hydrogen-bond donors (Lipinski definition) is 2. The Morgan fingerprint density at radius 3 is 2.71 bits per heavy atom. The lowest BCUT2D eigenvalue weighted by Gasteiger charge is -2.29. The maximum atomic E-state index is 12.2. The fourth-order valence-corrected chi connectivity index (χ4v) is 4.26. The molecule has 3 unspecified atom stereocenters. The van der Waals surface area contributed by atoms with Gasteiger partial charge in [0.25, 0.3) is 0 Å². The molecule has 0 bridgehead atoms. The van der Waals surface area contributed by atoms with Gasteiger partial charge in [-0.15, -0.1) is 0 Å². The average Bonchev–Trinajstić information content (AvgIpc) is 2.47. The Bertz CT molecular complexity index is 530. The Balaban J connectivity index is 1.87. The molecular formula is C16H26N2O2S. The highest BCUT2D eigenvalue weighted by Crippen LogP contribution is 2.19. The van der Waals surface area contributed by atoms with Gasteiger partial charge in [-0.25, -0.2) is 13.1 Å². The van der Waals surface area contributed by atoms with E-state index < -0.39 is 10.0 Å². The molecule has 0 aliphatic carbocycles. The molecule has 118 valence electrons. The van der Waals surface area contributed by atoms with Gasteiger partial charge >= 0.3 is 0 Å². The molecule has 21 heavy (non-hydrogen) atoms. The third-order valence-electron chi connectivity index (χ3n) is 4.39. The first-order chi connectivity index (χ1) is 9.98. The van der Waals surface area contributed by atoms with E-state index in [-0.39, 0.29) is 11.7 Å². The van der Waals surface area contributed by atoms with Crippen molar-refractivity contribution < 1.29 is 8.42 Å². The predicted octanol–water partition coefficient (Wildman–Crippen LogP) is 1.96. The van der Waals surface area contributed by atoms with E-state index in [0.29, 0.717) is 18.4 Å². The SMILES string of the molecule is CC(CS(=O)(=O)NCC1CNCCC1C)c1ccccc1. The first-order valence-electron chi connectivity index (χ1n) is 7.71. The second-order valence-corrected chi connectivity index (χ2v) is 8.02. The van der Waals surface area contributed by atoms with Crippen LogP contribution in [-0.4, -0.2) is 33.8 Å². The fraction of sp³-hybridized carbons (Fsp3) is 0.625. The van der Waals surface area contributed by atoms with Crippen LogP contribution in [-0.2, 0) is 10.0 Å². The molecule has 0 saturated carbocycles. The summed E-state index contributed by atoms with van der Waals surface area (Å²) in [5.41, 5.74) is 1.07. The van der Waals surface area contributed by atoms with Crippen molar-refractivity contribution in [2.45, 2.75) is 26.2 Å². The number of rotatable bonds is 6. The average molecular weight is 310 g/mol. The molecule has 1 heterocycles. The first-order valence-corrected chi connectivity index (χ1v) is 9.36. The highest BCUT2D eigenvalue weighted by atomic mass is 32.2. The number of piperidine rings is 1. The molecule has 1 aliphatic heterocycles. The summed E-state index contributed by atoms with van der Waals surface area (Å²) in [7, 11) is -3.23. The summed E-state index contributed by atoms with van der Waals surface area (Å²) in [5.74, 6) is 1.11. The molecule has 3 atom stereocenters. The third kappa shape index (κ3) is 5.09. The second-order valence-electron chi connectivity index (χ2n) is 6.17. The number of benzene rings is 1. The van der Waals surface area contributed by atoms with E-state index in [9.17, 15) is 8.42 Å². The van der Waals surface area contributed by atoms with Crippen LogP contribution in [0.4, 0.5) is 0 Å². The molecule has 1 aromatic carbocycles.